The minimum atomic E-state index is -1.33. The maximum absolute atomic E-state index is 13.5. The Morgan fingerprint density at radius 1 is 0.879 bits per heavy atom. The highest BCUT2D eigenvalue weighted by Crippen LogP contribution is 2.46. The number of hydrogen-bond donors (Lipinski definition) is 0. The lowest BCUT2D eigenvalue weighted by Crippen LogP contribution is -2.48. The number of carbonyl (C=O) groups excluding carboxylic acids is 1. The lowest BCUT2D eigenvalue weighted by atomic mass is 9.86. The summed E-state index contributed by atoms with van der Waals surface area (Å²) in [5.74, 6) is 0.920. The van der Waals surface area contributed by atoms with Gasteiger partial charge in [-0.1, -0.05) is 75.7 Å². The molecule has 0 N–H and O–H groups in total. The van der Waals surface area contributed by atoms with Crippen LogP contribution in [0.3, 0.4) is 0 Å². The first-order chi connectivity index (χ1) is 27.5. The summed E-state index contributed by atoms with van der Waals surface area (Å²) in [5.41, 5.74) is 5.86. The number of pyridine rings is 1. The second-order valence-electron chi connectivity index (χ2n) is 19.3. The van der Waals surface area contributed by atoms with Gasteiger partial charge in [0.05, 0.1) is 30.5 Å². The first-order valence-corrected chi connectivity index (χ1v) is 28.6. The van der Waals surface area contributed by atoms with Gasteiger partial charge >= 0.3 is 6.09 Å². The Kier molecular flexibility index (Phi) is 13.9. The number of amides is 1. The Balaban J connectivity index is 1.48. The van der Waals surface area contributed by atoms with Gasteiger partial charge in [-0.3, -0.25) is 4.98 Å². The highest BCUT2D eigenvalue weighted by molar-refractivity contribution is 6.76. The summed E-state index contributed by atoms with van der Waals surface area (Å²) in [6, 6.07) is 16.6. The van der Waals surface area contributed by atoms with Crippen LogP contribution >= 0.6 is 0 Å². The van der Waals surface area contributed by atoms with E-state index in [9.17, 15) is 4.79 Å². The van der Waals surface area contributed by atoms with Gasteiger partial charge in [-0.05, 0) is 77.6 Å². The van der Waals surface area contributed by atoms with Crippen LogP contribution in [-0.4, -0.2) is 97.7 Å². The lowest BCUT2D eigenvalue weighted by Gasteiger charge is -2.40. The molecule has 2 bridgehead atoms. The molecule has 3 aromatic heterocycles. The predicted octanol–water partition coefficient (Wildman–Crippen LogP) is 10.5. The van der Waals surface area contributed by atoms with Crippen molar-refractivity contribution in [2.75, 3.05) is 38.2 Å². The summed E-state index contributed by atoms with van der Waals surface area (Å²) in [6.07, 6.45) is 10.9. The van der Waals surface area contributed by atoms with Gasteiger partial charge in [0.1, 0.15) is 24.9 Å². The summed E-state index contributed by atoms with van der Waals surface area (Å²) in [5, 5.41) is 5.06. The molecule has 2 saturated heterocycles. The van der Waals surface area contributed by atoms with Crippen LogP contribution in [-0.2, 0) is 18.9 Å². The number of fused-ring (bicyclic) bond motifs is 3. The molecule has 5 heterocycles. The van der Waals surface area contributed by atoms with Crippen LogP contribution in [0.15, 0.2) is 61.1 Å². The van der Waals surface area contributed by atoms with Crippen molar-refractivity contribution >= 4 is 39.8 Å². The molecule has 0 aliphatic carbocycles. The molecule has 1 amide bonds. The highest BCUT2D eigenvalue weighted by Gasteiger charge is 2.46. The number of benzene rings is 1. The summed E-state index contributed by atoms with van der Waals surface area (Å²) in [6.45, 7) is 24.5. The van der Waals surface area contributed by atoms with Gasteiger partial charge < -0.3 is 28.7 Å². The monoisotopic (exact) mass is 826 g/mol. The fourth-order valence-electron chi connectivity index (χ4n) is 7.81. The summed E-state index contributed by atoms with van der Waals surface area (Å²) < 4.78 is 26.8. The van der Waals surface area contributed by atoms with Gasteiger partial charge in [0, 0.05) is 75.8 Å². The number of rotatable bonds is 17. The number of nitrogens with zero attached hydrogens (tertiary/aromatic N) is 6. The normalized spacial score (nSPS) is 18.7. The average Bonchev–Trinajstić information content (AvgIpc) is 3.70. The molecule has 13 heteroatoms. The molecule has 0 spiro atoms. The molecule has 2 aliphatic heterocycles. The van der Waals surface area contributed by atoms with Gasteiger partial charge in [-0.2, -0.15) is 9.61 Å². The quantitative estimate of drug-likeness (QED) is 0.0445. The Labute approximate surface area is 348 Å². The number of hydrogen-bond acceptors (Lipinski definition) is 9. The molecular formula is C45H66N6O5Si2. The van der Waals surface area contributed by atoms with Crippen molar-refractivity contribution in [2.45, 2.75) is 128 Å². The van der Waals surface area contributed by atoms with Crippen molar-refractivity contribution in [3.05, 3.63) is 72.4 Å². The van der Waals surface area contributed by atoms with Gasteiger partial charge in [-0.25, -0.2) is 9.78 Å². The largest absolute Gasteiger partial charge is 0.501 e. The van der Waals surface area contributed by atoms with Gasteiger partial charge in [0.15, 0.2) is 5.65 Å². The smallest absolute Gasteiger partial charge is 0.410 e. The Morgan fingerprint density at radius 2 is 1.52 bits per heavy atom. The van der Waals surface area contributed by atoms with Crippen molar-refractivity contribution < 1.29 is 23.7 Å². The Bertz CT molecular complexity index is 1970. The summed E-state index contributed by atoms with van der Waals surface area (Å²) in [4.78, 5) is 28.2. The molecule has 0 radical (unpaired) electrons. The first kappa shape index (κ1) is 43.5. The molecule has 0 saturated carbocycles. The van der Waals surface area contributed by atoms with Gasteiger partial charge in [0.25, 0.3) is 0 Å². The molecule has 4 aromatic rings. The Hall–Kier alpha value is -4.05. The van der Waals surface area contributed by atoms with Crippen LogP contribution in [0.4, 0.5) is 10.6 Å². The minimum absolute atomic E-state index is 0.0637. The number of ether oxygens (including phenoxy) is 4. The number of carbonyl (C=O) groups is 1. The second kappa shape index (κ2) is 18.5. The Morgan fingerprint density at radius 3 is 2.07 bits per heavy atom. The van der Waals surface area contributed by atoms with E-state index in [4.69, 9.17) is 34.0 Å². The maximum atomic E-state index is 13.5. The van der Waals surface area contributed by atoms with Crippen LogP contribution in [0, 0.1) is 0 Å². The SMILES string of the molecule is CCO/C=C\c1c(C2C[C@H]3CC[C@@H](C2)N3C(=O)OC(C)(C)C)nc2c(-c3ccc(-c4ccccc4)nc3)cnn2c1N(COCC[Si](C)(C)C)COCC[Si](C)(C)C. The van der Waals surface area contributed by atoms with E-state index in [-0.39, 0.29) is 24.1 Å². The predicted molar refractivity (Wildman–Crippen MR) is 240 cm³/mol. The van der Waals surface area contributed by atoms with E-state index in [0.717, 1.165) is 82.9 Å². The molecule has 2 fully saturated rings. The van der Waals surface area contributed by atoms with E-state index in [1.54, 1.807) is 6.26 Å². The summed E-state index contributed by atoms with van der Waals surface area (Å²) >= 11 is 0. The van der Waals surface area contributed by atoms with Crippen molar-refractivity contribution in [3.8, 4) is 22.4 Å². The molecule has 11 nitrogen and oxygen atoms in total. The number of aromatic nitrogens is 4. The van der Waals surface area contributed by atoms with Crippen LogP contribution in [0.2, 0.25) is 51.4 Å². The van der Waals surface area contributed by atoms with Gasteiger partial charge in [-0.15, -0.1) is 0 Å². The molecule has 2 aliphatic rings. The number of piperidine rings is 1. The van der Waals surface area contributed by atoms with Crippen LogP contribution < -0.4 is 4.90 Å². The van der Waals surface area contributed by atoms with Gasteiger partial charge in [0.2, 0.25) is 0 Å². The van der Waals surface area contributed by atoms with E-state index in [1.165, 1.54) is 0 Å². The van der Waals surface area contributed by atoms with E-state index >= 15 is 0 Å². The van der Waals surface area contributed by atoms with Crippen LogP contribution in [0.25, 0.3) is 34.1 Å². The average molecular weight is 827 g/mol. The molecule has 3 atom stereocenters. The zero-order chi connectivity index (χ0) is 41.7. The standard InChI is InChI=1S/C45H66N6O5Si2/c1-11-53-22-21-38-41(35-27-36-18-19-37(28-35)50(36)44(52)56-45(2,3)4)48-42-39(34-17-20-40(46-29-34)33-15-13-12-14-16-33)30-47-51(42)43(38)49(31-54-23-25-57(5,6)7)32-55-24-26-58(8,9)10/h12-17,20-22,29-30,35-37H,11,18-19,23-28,31-32H2,1-10H3/b22-21-/t35?,36-,37+. The third kappa shape index (κ3) is 11.2. The number of anilines is 1. The molecule has 58 heavy (non-hydrogen) atoms. The molecule has 314 valence electrons. The van der Waals surface area contributed by atoms with E-state index < -0.39 is 21.7 Å². The lowest BCUT2D eigenvalue weighted by molar-refractivity contribution is 0.00568. The zero-order valence-corrected chi connectivity index (χ0v) is 38.6. The second-order valence-corrected chi connectivity index (χ2v) is 30.5. The van der Waals surface area contributed by atoms with Crippen molar-refractivity contribution in [1.29, 1.82) is 0 Å². The fraction of sp³-hybridized carbons (Fsp3) is 0.556. The van der Waals surface area contributed by atoms with Crippen LogP contribution in [0.1, 0.15) is 70.6 Å². The fourth-order valence-corrected chi connectivity index (χ4v) is 9.32. The summed E-state index contributed by atoms with van der Waals surface area (Å²) in [7, 11) is -2.66. The van der Waals surface area contributed by atoms with Crippen molar-refractivity contribution in [3.63, 3.8) is 0 Å². The zero-order valence-electron chi connectivity index (χ0n) is 36.6. The molecule has 6 rings (SSSR count). The minimum Gasteiger partial charge on any atom is -0.501 e. The molecule has 1 aromatic carbocycles. The van der Waals surface area contributed by atoms with E-state index in [2.05, 4.69) is 68.4 Å². The van der Waals surface area contributed by atoms with E-state index in [0.29, 0.717) is 33.3 Å². The highest BCUT2D eigenvalue weighted by atomic mass is 28.3. The molecular weight excluding hydrogens is 761 g/mol. The van der Waals surface area contributed by atoms with E-state index in [1.807, 2.05) is 73.8 Å². The topological polar surface area (TPSA) is 104 Å². The molecule has 1 unspecified atom stereocenters. The third-order valence-electron chi connectivity index (χ3n) is 10.8. The maximum Gasteiger partial charge on any atom is 0.410 e. The van der Waals surface area contributed by atoms with Crippen molar-refractivity contribution in [1.82, 2.24) is 24.5 Å². The first-order valence-electron chi connectivity index (χ1n) is 21.1. The van der Waals surface area contributed by atoms with Crippen molar-refractivity contribution in [2.24, 2.45) is 0 Å². The van der Waals surface area contributed by atoms with Crippen LogP contribution in [0.5, 0.6) is 0 Å². The third-order valence-corrected chi connectivity index (χ3v) is 14.2.